The maximum absolute atomic E-state index is 2.61. The second-order valence-corrected chi connectivity index (χ2v) is 14.0. The summed E-state index contributed by atoms with van der Waals surface area (Å²) in [4.78, 5) is 0. The van der Waals surface area contributed by atoms with Gasteiger partial charge in [0.05, 0.1) is 0 Å². The van der Waals surface area contributed by atoms with Gasteiger partial charge in [0, 0.05) is 0 Å². The third-order valence-corrected chi connectivity index (χ3v) is 11.3. The van der Waals surface area contributed by atoms with Crippen molar-refractivity contribution in [2.45, 2.75) is 178 Å². The van der Waals surface area contributed by atoms with Crippen LogP contribution in [0, 0.1) is 53.3 Å². The molecule has 0 amide bonds. The first kappa shape index (κ1) is 34.0. The summed E-state index contributed by atoms with van der Waals surface area (Å²) in [7, 11) is 0. The highest BCUT2D eigenvalue weighted by molar-refractivity contribution is 4.83. The van der Waals surface area contributed by atoms with Gasteiger partial charge in [0.1, 0.15) is 0 Å². The van der Waals surface area contributed by atoms with Gasteiger partial charge in [0.25, 0.3) is 0 Å². The van der Waals surface area contributed by atoms with Crippen LogP contribution in [0.1, 0.15) is 178 Å². The van der Waals surface area contributed by atoms with Crippen molar-refractivity contribution in [1.29, 1.82) is 0 Å². The minimum Gasteiger partial charge on any atom is -0.0654 e. The highest BCUT2D eigenvalue weighted by atomic mass is 14.4. The molecule has 0 heteroatoms. The molecule has 0 aromatic heterocycles. The normalized spacial score (nSPS) is 23.9. The zero-order chi connectivity index (χ0) is 26.9. The lowest BCUT2D eigenvalue weighted by Gasteiger charge is -2.39. The summed E-state index contributed by atoms with van der Waals surface area (Å²) in [6.45, 7) is 22.3. The fraction of sp³-hybridized carbons (Fsp3) is 1.00. The van der Waals surface area contributed by atoms with Crippen LogP contribution in [0.4, 0.5) is 0 Å². The second kappa shape index (κ2) is 20.0. The Morgan fingerprint density at radius 3 is 1.53 bits per heavy atom. The van der Waals surface area contributed by atoms with Crippen LogP contribution < -0.4 is 0 Å². The number of hydrogen-bond acceptors (Lipinski definition) is 0. The van der Waals surface area contributed by atoms with Crippen molar-refractivity contribution in [1.82, 2.24) is 0 Å². The highest BCUT2D eigenvalue weighted by Gasteiger charge is 2.32. The van der Waals surface area contributed by atoms with E-state index in [2.05, 4.69) is 62.3 Å². The fourth-order valence-corrected chi connectivity index (χ4v) is 7.26. The average molecular weight is 505 g/mol. The maximum Gasteiger partial charge on any atom is -0.0383 e. The summed E-state index contributed by atoms with van der Waals surface area (Å²) >= 11 is 0. The zero-order valence-electron chi connectivity index (χ0n) is 26.9. The topological polar surface area (TPSA) is 0 Å². The van der Waals surface area contributed by atoms with Gasteiger partial charge >= 0.3 is 0 Å². The van der Waals surface area contributed by atoms with Gasteiger partial charge in [-0.3, -0.25) is 0 Å². The van der Waals surface area contributed by atoms with Crippen LogP contribution in [-0.2, 0) is 0 Å². The molecule has 1 fully saturated rings. The molecule has 1 rings (SSSR count). The van der Waals surface area contributed by atoms with Crippen molar-refractivity contribution in [2.24, 2.45) is 53.3 Å². The van der Waals surface area contributed by atoms with E-state index in [1.165, 1.54) is 116 Å². The van der Waals surface area contributed by atoms with Crippen molar-refractivity contribution in [3.63, 3.8) is 0 Å². The summed E-state index contributed by atoms with van der Waals surface area (Å²) in [6, 6.07) is 0. The van der Waals surface area contributed by atoms with Gasteiger partial charge in [-0.05, 0) is 78.9 Å². The van der Waals surface area contributed by atoms with E-state index in [0.29, 0.717) is 0 Å². The predicted octanol–water partition coefficient (Wildman–Crippen LogP) is 12.7. The van der Waals surface area contributed by atoms with Crippen molar-refractivity contribution < 1.29 is 0 Å². The number of rotatable bonds is 23. The van der Waals surface area contributed by atoms with Crippen LogP contribution >= 0.6 is 0 Å². The summed E-state index contributed by atoms with van der Waals surface area (Å²) in [5.41, 5.74) is 0. The molecule has 0 aromatic carbocycles. The van der Waals surface area contributed by atoms with Gasteiger partial charge in [-0.25, -0.2) is 0 Å². The van der Waals surface area contributed by atoms with Gasteiger partial charge in [-0.2, -0.15) is 0 Å². The maximum atomic E-state index is 2.61. The molecule has 0 bridgehead atoms. The lowest BCUT2D eigenvalue weighted by atomic mass is 9.66. The van der Waals surface area contributed by atoms with Crippen LogP contribution in [0.15, 0.2) is 0 Å². The third kappa shape index (κ3) is 13.2. The third-order valence-electron chi connectivity index (χ3n) is 11.3. The van der Waals surface area contributed by atoms with Crippen molar-refractivity contribution in [2.75, 3.05) is 0 Å². The first-order valence-corrected chi connectivity index (χ1v) is 17.3. The standard InChI is InChI=1S/C36H72/c1-10-14-19-33(12-3)23-21-30(7)28(5)17-16-18-29(6)31(8)22-24-35(20-15-11-2)32(9)27-36-26-25-34(36)13-4/h28-36H,10-27H2,1-9H3. The molecule has 36 heavy (non-hydrogen) atoms. The Balaban J connectivity index is 2.34. The molecule has 216 valence electrons. The molecule has 1 saturated carbocycles. The van der Waals surface area contributed by atoms with E-state index < -0.39 is 0 Å². The molecule has 0 heterocycles. The quantitative estimate of drug-likeness (QED) is 0.130. The smallest absolute Gasteiger partial charge is 0.0383 e. The Morgan fingerprint density at radius 1 is 0.500 bits per heavy atom. The Kier molecular flexibility index (Phi) is 18.9. The Labute approximate surface area is 231 Å². The van der Waals surface area contributed by atoms with Crippen LogP contribution in [0.5, 0.6) is 0 Å². The molecule has 9 unspecified atom stereocenters. The van der Waals surface area contributed by atoms with Gasteiger partial charge in [0.15, 0.2) is 0 Å². The molecule has 9 atom stereocenters. The van der Waals surface area contributed by atoms with Crippen LogP contribution in [-0.4, -0.2) is 0 Å². The minimum absolute atomic E-state index is 0.893. The van der Waals surface area contributed by atoms with Crippen molar-refractivity contribution in [3.8, 4) is 0 Å². The minimum atomic E-state index is 0.893. The second-order valence-electron chi connectivity index (χ2n) is 14.0. The van der Waals surface area contributed by atoms with E-state index in [1.807, 2.05) is 0 Å². The van der Waals surface area contributed by atoms with Gasteiger partial charge in [-0.1, -0.05) is 152 Å². The highest BCUT2D eigenvalue weighted by Crippen LogP contribution is 2.43. The van der Waals surface area contributed by atoms with E-state index >= 15 is 0 Å². The molecular weight excluding hydrogens is 432 g/mol. The van der Waals surface area contributed by atoms with E-state index in [0.717, 1.165) is 53.3 Å². The number of unbranched alkanes of at least 4 members (excludes halogenated alkanes) is 2. The van der Waals surface area contributed by atoms with Crippen LogP contribution in [0.2, 0.25) is 0 Å². The van der Waals surface area contributed by atoms with Crippen LogP contribution in [0.3, 0.4) is 0 Å². The van der Waals surface area contributed by atoms with Crippen molar-refractivity contribution in [3.05, 3.63) is 0 Å². The SMILES string of the molecule is CCCCC(CC)CCC(C)C(C)CCCC(C)C(C)CCC(CCCC)C(C)CC1CCC1CC. The lowest BCUT2D eigenvalue weighted by Crippen LogP contribution is -2.29. The van der Waals surface area contributed by atoms with E-state index in [4.69, 9.17) is 0 Å². The first-order valence-electron chi connectivity index (χ1n) is 17.3. The zero-order valence-corrected chi connectivity index (χ0v) is 26.9. The first-order chi connectivity index (χ1) is 17.3. The summed E-state index contributed by atoms with van der Waals surface area (Å²) < 4.78 is 0. The van der Waals surface area contributed by atoms with E-state index in [1.54, 1.807) is 0 Å². The molecular formula is C36H72. The molecule has 0 nitrogen and oxygen atoms in total. The fourth-order valence-electron chi connectivity index (χ4n) is 7.26. The summed E-state index contributed by atoms with van der Waals surface area (Å²) in [5, 5.41) is 0. The van der Waals surface area contributed by atoms with Crippen LogP contribution in [0.25, 0.3) is 0 Å². The molecule has 0 radical (unpaired) electrons. The molecule has 0 aromatic rings. The Morgan fingerprint density at radius 2 is 1.03 bits per heavy atom. The number of hydrogen-bond donors (Lipinski definition) is 0. The molecule has 1 aliphatic rings. The van der Waals surface area contributed by atoms with E-state index in [-0.39, 0.29) is 0 Å². The van der Waals surface area contributed by atoms with Gasteiger partial charge < -0.3 is 0 Å². The van der Waals surface area contributed by atoms with Gasteiger partial charge in [-0.15, -0.1) is 0 Å². The van der Waals surface area contributed by atoms with Gasteiger partial charge in [0.2, 0.25) is 0 Å². The largest absolute Gasteiger partial charge is 0.0654 e. The molecule has 0 N–H and O–H groups in total. The summed E-state index contributed by atoms with van der Waals surface area (Å²) in [6.07, 6.45) is 26.1. The molecule has 0 saturated heterocycles. The Hall–Kier alpha value is 0. The average Bonchev–Trinajstić information content (AvgIpc) is 2.86. The Bertz CT molecular complexity index is 492. The predicted molar refractivity (Wildman–Crippen MR) is 166 cm³/mol. The lowest BCUT2D eigenvalue weighted by molar-refractivity contribution is 0.115. The summed E-state index contributed by atoms with van der Waals surface area (Å²) in [5.74, 6) is 8.58. The molecule has 0 aliphatic heterocycles. The molecule has 1 aliphatic carbocycles. The van der Waals surface area contributed by atoms with E-state index in [9.17, 15) is 0 Å². The molecule has 0 spiro atoms. The monoisotopic (exact) mass is 505 g/mol. The van der Waals surface area contributed by atoms with Crippen molar-refractivity contribution >= 4 is 0 Å².